The van der Waals surface area contributed by atoms with Gasteiger partial charge >= 0.3 is 6.03 Å². The number of ether oxygens (including phenoxy) is 2. The fourth-order valence-corrected chi connectivity index (χ4v) is 5.12. The summed E-state index contributed by atoms with van der Waals surface area (Å²) in [5.74, 6) is -2.40. The molecule has 0 bridgehead atoms. The molecule has 4 heterocycles. The molecular weight excluding hydrogens is 484 g/mol. The van der Waals surface area contributed by atoms with Crippen molar-refractivity contribution in [3.63, 3.8) is 0 Å². The van der Waals surface area contributed by atoms with Crippen molar-refractivity contribution in [1.29, 1.82) is 0 Å². The second-order valence-electron chi connectivity index (χ2n) is 9.36. The van der Waals surface area contributed by atoms with Gasteiger partial charge in [-0.25, -0.2) is 13.6 Å². The van der Waals surface area contributed by atoms with Gasteiger partial charge in [-0.3, -0.25) is 9.78 Å². The molecular formula is C26H35F2N5O4. The number of piperazine rings is 1. The molecule has 1 aromatic heterocycles. The lowest BCUT2D eigenvalue weighted by Gasteiger charge is -2.40. The summed E-state index contributed by atoms with van der Waals surface area (Å²) in [5, 5.41) is 0.263. The lowest BCUT2D eigenvalue weighted by Crippen LogP contribution is -2.53. The second-order valence-corrected chi connectivity index (χ2v) is 9.36. The molecule has 1 spiro atoms. The van der Waals surface area contributed by atoms with Gasteiger partial charge in [-0.1, -0.05) is 13.8 Å². The van der Waals surface area contributed by atoms with Gasteiger partial charge in [0, 0.05) is 83.9 Å². The number of pyridine rings is 1. The highest BCUT2D eigenvalue weighted by Crippen LogP contribution is 2.38. The van der Waals surface area contributed by atoms with E-state index in [0.29, 0.717) is 76.6 Å². The van der Waals surface area contributed by atoms with Crippen molar-refractivity contribution in [3.8, 4) is 0 Å². The Labute approximate surface area is 215 Å². The van der Waals surface area contributed by atoms with Gasteiger partial charge in [-0.05, 0) is 6.07 Å². The monoisotopic (exact) mass is 519 g/mol. The lowest BCUT2D eigenvalue weighted by atomic mass is 9.99. The maximum absolute atomic E-state index is 14.6. The van der Waals surface area contributed by atoms with E-state index in [-0.39, 0.29) is 22.8 Å². The summed E-state index contributed by atoms with van der Waals surface area (Å²) in [6, 6.07) is 1.93. The normalized spacial score (nSPS) is 19.1. The molecule has 0 saturated carbocycles. The Morgan fingerprint density at radius 3 is 2.14 bits per heavy atom. The molecule has 3 aliphatic heterocycles. The van der Waals surface area contributed by atoms with Gasteiger partial charge in [0.2, 0.25) is 0 Å². The number of amides is 3. The Hall–Kier alpha value is -3.05. The minimum Gasteiger partial charge on any atom is -0.370 e. The fourth-order valence-electron chi connectivity index (χ4n) is 5.12. The van der Waals surface area contributed by atoms with E-state index in [1.54, 1.807) is 23.9 Å². The number of fused-ring (bicyclic) bond motifs is 1. The van der Waals surface area contributed by atoms with Crippen molar-refractivity contribution in [3.05, 3.63) is 35.5 Å². The zero-order valence-corrected chi connectivity index (χ0v) is 21.9. The maximum atomic E-state index is 14.6. The Morgan fingerprint density at radius 2 is 1.54 bits per heavy atom. The molecule has 37 heavy (non-hydrogen) atoms. The molecule has 0 atom stereocenters. The summed E-state index contributed by atoms with van der Waals surface area (Å²) in [6.07, 6.45) is 2.53. The van der Waals surface area contributed by atoms with Gasteiger partial charge in [0.05, 0.1) is 24.5 Å². The van der Waals surface area contributed by atoms with Crippen LogP contribution in [-0.4, -0.2) is 104 Å². The van der Waals surface area contributed by atoms with Gasteiger partial charge in [0.25, 0.3) is 5.91 Å². The Bertz CT molecular complexity index is 1140. The highest BCUT2D eigenvalue weighted by Gasteiger charge is 2.41. The standard InChI is InChI=1S/C24H29F2N5O4.C2H6/c1-28(2)23(33)31-9-7-30(8-10-31)22(32)18-15-27-20-17(13-16(25)14-19(20)26)21(18)29-5-3-24(4-6-29)34-11-12-35-24;1-2/h13-15H,3-12H2,1-2H3;1-2H3. The maximum Gasteiger partial charge on any atom is 0.319 e. The molecule has 2 aromatic rings. The topological polar surface area (TPSA) is 78.5 Å². The first kappa shape index (κ1) is 27.0. The molecule has 0 unspecified atom stereocenters. The second kappa shape index (κ2) is 11.1. The van der Waals surface area contributed by atoms with Crippen molar-refractivity contribution in [2.45, 2.75) is 32.5 Å². The van der Waals surface area contributed by atoms with Gasteiger partial charge in [0.15, 0.2) is 11.6 Å². The van der Waals surface area contributed by atoms with E-state index in [1.807, 2.05) is 18.7 Å². The molecule has 11 heteroatoms. The van der Waals surface area contributed by atoms with Crippen LogP contribution in [0, 0.1) is 11.6 Å². The van der Waals surface area contributed by atoms with Crippen LogP contribution in [0.1, 0.15) is 37.0 Å². The molecule has 0 radical (unpaired) electrons. The third-order valence-electron chi connectivity index (χ3n) is 6.97. The van der Waals surface area contributed by atoms with E-state index in [2.05, 4.69) is 4.98 Å². The van der Waals surface area contributed by atoms with E-state index < -0.39 is 17.4 Å². The molecule has 0 aliphatic carbocycles. The van der Waals surface area contributed by atoms with Crippen molar-refractivity contribution < 1.29 is 27.8 Å². The summed E-state index contributed by atoms with van der Waals surface area (Å²) < 4.78 is 40.5. The minimum absolute atomic E-state index is 0.0213. The van der Waals surface area contributed by atoms with E-state index >= 15 is 0 Å². The quantitative estimate of drug-likeness (QED) is 0.606. The van der Waals surface area contributed by atoms with E-state index in [9.17, 15) is 18.4 Å². The van der Waals surface area contributed by atoms with Crippen LogP contribution in [0.25, 0.3) is 10.9 Å². The highest BCUT2D eigenvalue weighted by atomic mass is 19.1. The Morgan fingerprint density at radius 1 is 0.946 bits per heavy atom. The van der Waals surface area contributed by atoms with Gasteiger partial charge in [-0.2, -0.15) is 0 Å². The number of hydrogen-bond acceptors (Lipinski definition) is 6. The van der Waals surface area contributed by atoms with Gasteiger partial charge in [0.1, 0.15) is 11.3 Å². The number of urea groups is 1. The van der Waals surface area contributed by atoms with Crippen LogP contribution in [-0.2, 0) is 9.47 Å². The summed E-state index contributed by atoms with van der Waals surface area (Å²) in [7, 11) is 3.38. The molecule has 5 rings (SSSR count). The summed E-state index contributed by atoms with van der Waals surface area (Å²) >= 11 is 0. The van der Waals surface area contributed by atoms with E-state index in [1.165, 1.54) is 17.2 Å². The Kier molecular flexibility index (Phi) is 8.13. The molecule has 1 aromatic carbocycles. The Balaban J connectivity index is 0.00000156. The average molecular weight is 520 g/mol. The van der Waals surface area contributed by atoms with Crippen LogP contribution >= 0.6 is 0 Å². The van der Waals surface area contributed by atoms with Crippen molar-refractivity contribution >= 4 is 28.5 Å². The van der Waals surface area contributed by atoms with Crippen molar-refractivity contribution in [2.24, 2.45) is 0 Å². The average Bonchev–Trinajstić information content (AvgIpc) is 3.36. The van der Waals surface area contributed by atoms with Gasteiger partial charge < -0.3 is 29.1 Å². The van der Waals surface area contributed by atoms with Gasteiger partial charge in [-0.15, -0.1) is 0 Å². The molecule has 0 N–H and O–H groups in total. The number of aromatic nitrogens is 1. The molecule has 3 fully saturated rings. The molecule has 3 amide bonds. The summed E-state index contributed by atoms with van der Waals surface area (Å²) in [5.41, 5.74) is 0.783. The van der Waals surface area contributed by atoms with Crippen molar-refractivity contribution in [2.75, 3.05) is 71.5 Å². The fraction of sp³-hybridized carbons (Fsp3) is 0.577. The number of anilines is 1. The lowest BCUT2D eigenvalue weighted by molar-refractivity contribution is -0.169. The predicted molar refractivity (Wildman–Crippen MR) is 136 cm³/mol. The number of halogens is 2. The number of nitrogens with zero attached hydrogens (tertiary/aromatic N) is 5. The van der Waals surface area contributed by atoms with Crippen LogP contribution in [0.4, 0.5) is 19.3 Å². The van der Waals surface area contributed by atoms with Crippen LogP contribution in [0.15, 0.2) is 18.3 Å². The third-order valence-corrected chi connectivity index (χ3v) is 6.97. The number of hydrogen-bond donors (Lipinski definition) is 0. The predicted octanol–water partition coefficient (Wildman–Crippen LogP) is 3.32. The molecule has 3 aliphatic rings. The minimum atomic E-state index is -0.771. The summed E-state index contributed by atoms with van der Waals surface area (Å²) in [4.78, 5) is 36.9. The first-order valence-corrected chi connectivity index (χ1v) is 12.8. The van der Waals surface area contributed by atoms with Crippen LogP contribution in [0.3, 0.4) is 0 Å². The van der Waals surface area contributed by atoms with Crippen LogP contribution < -0.4 is 4.90 Å². The third kappa shape index (κ3) is 5.33. The smallest absolute Gasteiger partial charge is 0.319 e. The van der Waals surface area contributed by atoms with E-state index in [0.717, 1.165) is 6.07 Å². The molecule has 9 nitrogen and oxygen atoms in total. The molecule has 3 saturated heterocycles. The number of carbonyl (C=O) groups excluding carboxylic acids is 2. The van der Waals surface area contributed by atoms with E-state index in [4.69, 9.17) is 9.47 Å². The highest BCUT2D eigenvalue weighted by molar-refractivity contribution is 6.07. The number of rotatable bonds is 2. The first-order valence-electron chi connectivity index (χ1n) is 12.8. The van der Waals surface area contributed by atoms with Crippen molar-refractivity contribution in [1.82, 2.24) is 19.7 Å². The first-order chi connectivity index (χ1) is 17.8. The zero-order chi connectivity index (χ0) is 26.7. The van der Waals surface area contributed by atoms with Crippen LogP contribution in [0.5, 0.6) is 0 Å². The largest absolute Gasteiger partial charge is 0.370 e. The number of benzene rings is 1. The molecule has 202 valence electrons. The number of piperidine rings is 1. The summed E-state index contributed by atoms with van der Waals surface area (Å²) in [6.45, 7) is 7.62. The number of carbonyl (C=O) groups is 2. The SMILES string of the molecule is CC.CN(C)C(=O)N1CCN(C(=O)c2cnc3c(F)cc(F)cc3c2N2CCC3(CC2)OCCO3)CC1. The zero-order valence-electron chi connectivity index (χ0n) is 21.9. The van der Waals surface area contributed by atoms with Crippen LogP contribution in [0.2, 0.25) is 0 Å².